The molecule has 3 heterocycles. The quantitative estimate of drug-likeness (QED) is 0.523. The maximum absolute atomic E-state index is 14.5. The summed E-state index contributed by atoms with van der Waals surface area (Å²) >= 11 is 0. The van der Waals surface area contributed by atoms with Crippen molar-refractivity contribution in [3.63, 3.8) is 0 Å². The molecule has 1 aliphatic rings. The van der Waals surface area contributed by atoms with Gasteiger partial charge in [-0.15, -0.1) is 0 Å². The molecule has 0 spiro atoms. The molecule has 188 valence electrons. The van der Waals surface area contributed by atoms with Crippen molar-refractivity contribution in [2.24, 2.45) is 5.41 Å². The SMILES string of the molecule is CC(C)(C)COC(=O)N1CCC(c2coc3c(Nc4ccc(S(C)(=O)=O)cc4F)ncnc23)CC1. The van der Waals surface area contributed by atoms with Gasteiger partial charge in [-0.25, -0.2) is 27.6 Å². The topological polar surface area (TPSA) is 115 Å². The molecule has 3 aromatic rings. The standard InChI is InChI=1S/C24H29FN4O5S/c1-24(2,3)13-34-23(30)29-9-7-15(8-10-29)17-12-33-21-20(17)26-14-27-22(21)28-19-6-5-16(11-18(19)25)35(4,31)32/h5-6,11-12,14-15H,7-10,13H2,1-4H3,(H,26,27,28). The highest BCUT2D eigenvalue weighted by Gasteiger charge is 2.28. The van der Waals surface area contributed by atoms with Crippen LogP contribution in [0, 0.1) is 11.2 Å². The van der Waals surface area contributed by atoms with E-state index in [-0.39, 0.29) is 33.8 Å². The number of carbonyl (C=O) groups is 1. The van der Waals surface area contributed by atoms with Gasteiger partial charge in [0, 0.05) is 24.9 Å². The number of fused-ring (bicyclic) bond motifs is 1. The van der Waals surface area contributed by atoms with Gasteiger partial charge in [0.1, 0.15) is 17.7 Å². The minimum Gasteiger partial charge on any atom is -0.458 e. The number of nitrogens with one attached hydrogen (secondary N) is 1. The molecule has 0 aliphatic carbocycles. The lowest BCUT2D eigenvalue weighted by Crippen LogP contribution is -2.39. The maximum Gasteiger partial charge on any atom is 0.409 e. The smallest absolute Gasteiger partial charge is 0.409 e. The molecular formula is C24H29FN4O5S. The van der Waals surface area contributed by atoms with E-state index in [0.29, 0.717) is 30.8 Å². The Morgan fingerprint density at radius 1 is 1.26 bits per heavy atom. The number of carbonyl (C=O) groups excluding carboxylic acids is 1. The molecule has 0 radical (unpaired) electrons. The van der Waals surface area contributed by atoms with Crippen molar-refractivity contribution in [2.45, 2.75) is 44.4 Å². The summed E-state index contributed by atoms with van der Waals surface area (Å²) in [6, 6.07) is 3.63. The summed E-state index contributed by atoms with van der Waals surface area (Å²) in [5.74, 6) is -0.316. The Balaban J connectivity index is 1.48. The third-order valence-corrected chi connectivity index (χ3v) is 6.93. The third-order valence-electron chi connectivity index (χ3n) is 5.82. The minimum absolute atomic E-state index is 0.0671. The van der Waals surface area contributed by atoms with Crippen LogP contribution in [0.5, 0.6) is 0 Å². The fourth-order valence-corrected chi connectivity index (χ4v) is 4.58. The van der Waals surface area contributed by atoms with Crippen LogP contribution in [0.1, 0.15) is 45.1 Å². The normalized spacial score (nSPS) is 15.4. The van der Waals surface area contributed by atoms with Crippen molar-refractivity contribution < 1.29 is 26.8 Å². The molecule has 1 aliphatic heterocycles. The monoisotopic (exact) mass is 504 g/mol. The van der Waals surface area contributed by atoms with Gasteiger partial charge in [-0.2, -0.15) is 0 Å². The van der Waals surface area contributed by atoms with Gasteiger partial charge in [0.25, 0.3) is 0 Å². The number of hydrogen-bond donors (Lipinski definition) is 1. The number of nitrogens with zero attached hydrogens (tertiary/aromatic N) is 3. The molecule has 35 heavy (non-hydrogen) atoms. The molecule has 1 fully saturated rings. The first-order valence-corrected chi connectivity index (χ1v) is 13.2. The van der Waals surface area contributed by atoms with Crippen LogP contribution in [0.4, 0.5) is 20.7 Å². The number of furan rings is 1. The van der Waals surface area contributed by atoms with E-state index in [2.05, 4.69) is 15.3 Å². The predicted octanol–water partition coefficient (Wildman–Crippen LogP) is 4.87. The van der Waals surface area contributed by atoms with Crippen molar-refractivity contribution in [2.75, 3.05) is 31.3 Å². The van der Waals surface area contributed by atoms with Crippen LogP contribution in [0.2, 0.25) is 0 Å². The second-order valence-corrected chi connectivity index (χ2v) is 12.0. The largest absolute Gasteiger partial charge is 0.458 e. The molecule has 0 bridgehead atoms. The summed E-state index contributed by atoms with van der Waals surface area (Å²) < 4.78 is 49.1. The van der Waals surface area contributed by atoms with Gasteiger partial charge in [0.15, 0.2) is 21.2 Å². The molecule has 1 N–H and O–H groups in total. The molecule has 0 atom stereocenters. The second kappa shape index (κ2) is 9.44. The molecule has 0 unspecified atom stereocenters. The van der Waals surface area contributed by atoms with Gasteiger partial charge in [0.05, 0.1) is 23.5 Å². The zero-order valence-corrected chi connectivity index (χ0v) is 21.0. The number of rotatable bonds is 5. The minimum atomic E-state index is -3.52. The van der Waals surface area contributed by atoms with Crippen molar-refractivity contribution in [1.82, 2.24) is 14.9 Å². The van der Waals surface area contributed by atoms with Gasteiger partial charge >= 0.3 is 6.09 Å². The Morgan fingerprint density at radius 2 is 1.97 bits per heavy atom. The average molecular weight is 505 g/mol. The van der Waals surface area contributed by atoms with Crippen molar-refractivity contribution in [3.8, 4) is 0 Å². The Labute approximate surface area is 203 Å². The number of benzene rings is 1. The van der Waals surface area contributed by atoms with E-state index in [9.17, 15) is 17.6 Å². The van der Waals surface area contributed by atoms with E-state index in [4.69, 9.17) is 9.15 Å². The summed E-state index contributed by atoms with van der Waals surface area (Å²) in [5.41, 5.74) is 1.87. The predicted molar refractivity (Wildman–Crippen MR) is 129 cm³/mol. The number of ether oxygens (including phenoxy) is 1. The van der Waals surface area contributed by atoms with Crippen molar-refractivity contribution in [3.05, 3.63) is 42.2 Å². The molecule has 1 amide bonds. The molecule has 1 saturated heterocycles. The first kappa shape index (κ1) is 24.9. The van der Waals surface area contributed by atoms with Gasteiger partial charge in [-0.3, -0.25) is 0 Å². The first-order valence-electron chi connectivity index (χ1n) is 11.3. The zero-order valence-electron chi connectivity index (χ0n) is 20.2. The zero-order chi connectivity index (χ0) is 25.4. The van der Waals surface area contributed by atoms with E-state index >= 15 is 0 Å². The summed E-state index contributed by atoms with van der Waals surface area (Å²) in [5, 5.41) is 2.87. The lowest BCUT2D eigenvalue weighted by Gasteiger charge is -2.31. The summed E-state index contributed by atoms with van der Waals surface area (Å²) in [6.45, 7) is 7.53. The van der Waals surface area contributed by atoms with Crippen LogP contribution < -0.4 is 5.32 Å². The van der Waals surface area contributed by atoms with E-state index < -0.39 is 15.7 Å². The molecule has 4 rings (SSSR count). The number of piperidine rings is 1. The number of halogens is 1. The molecule has 1 aromatic carbocycles. The van der Waals surface area contributed by atoms with Crippen LogP contribution in [0.15, 0.2) is 40.1 Å². The molecular weight excluding hydrogens is 475 g/mol. The van der Waals surface area contributed by atoms with E-state index in [0.717, 1.165) is 30.7 Å². The Morgan fingerprint density at radius 3 is 2.60 bits per heavy atom. The van der Waals surface area contributed by atoms with Gasteiger partial charge in [-0.1, -0.05) is 20.8 Å². The molecule has 0 saturated carbocycles. The summed E-state index contributed by atoms with van der Waals surface area (Å²) in [4.78, 5) is 22.5. The van der Waals surface area contributed by atoms with Crippen LogP contribution >= 0.6 is 0 Å². The summed E-state index contributed by atoms with van der Waals surface area (Å²) in [6.07, 6.45) is 5.18. The highest BCUT2D eigenvalue weighted by molar-refractivity contribution is 7.90. The number of amides is 1. The lowest BCUT2D eigenvalue weighted by molar-refractivity contribution is 0.0655. The molecule has 9 nitrogen and oxygen atoms in total. The van der Waals surface area contributed by atoms with E-state index in [1.165, 1.54) is 18.5 Å². The number of anilines is 2. The number of sulfone groups is 1. The van der Waals surface area contributed by atoms with Crippen LogP contribution in [0.25, 0.3) is 11.1 Å². The Hall–Kier alpha value is -3.21. The molecule has 11 heteroatoms. The van der Waals surface area contributed by atoms with Gasteiger partial charge in [0.2, 0.25) is 0 Å². The van der Waals surface area contributed by atoms with Gasteiger partial charge in [-0.05, 0) is 42.4 Å². The Kier molecular flexibility index (Phi) is 6.72. The van der Waals surface area contributed by atoms with Crippen molar-refractivity contribution in [1.29, 1.82) is 0 Å². The van der Waals surface area contributed by atoms with Crippen LogP contribution in [-0.4, -0.2) is 55.3 Å². The van der Waals surface area contributed by atoms with E-state index in [1.54, 1.807) is 11.2 Å². The number of likely N-dealkylation sites (tertiary alicyclic amines) is 1. The van der Waals surface area contributed by atoms with Gasteiger partial charge < -0.3 is 19.4 Å². The highest BCUT2D eigenvalue weighted by atomic mass is 32.2. The van der Waals surface area contributed by atoms with E-state index in [1.807, 2.05) is 20.8 Å². The number of aromatic nitrogens is 2. The van der Waals surface area contributed by atoms with Crippen LogP contribution in [-0.2, 0) is 14.6 Å². The van der Waals surface area contributed by atoms with Crippen molar-refractivity contribution >= 4 is 38.5 Å². The lowest BCUT2D eigenvalue weighted by atomic mass is 9.90. The van der Waals surface area contributed by atoms with Crippen LogP contribution in [0.3, 0.4) is 0 Å². The third kappa shape index (κ3) is 5.72. The maximum atomic E-state index is 14.5. The second-order valence-electron chi connectivity index (χ2n) is 10.0. The number of hydrogen-bond acceptors (Lipinski definition) is 8. The average Bonchev–Trinajstić information content (AvgIpc) is 3.23. The highest BCUT2D eigenvalue weighted by Crippen LogP contribution is 2.36. The Bertz CT molecular complexity index is 1340. The fourth-order valence-electron chi connectivity index (χ4n) is 3.95. The summed E-state index contributed by atoms with van der Waals surface area (Å²) in [7, 11) is -3.52. The fraction of sp³-hybridized carbons (Fsp3) is 0.458. The molecule has 2 aromatic heterocycles. The first-order chi connectivity index (χ1) is 16.4.